The normalized spacial score (nSPS) is 19.0. The standard InChI is InChI=1S/C12H17N/c1-12(8-9-12)13(2)10-11-6-4-3-5-7-11/h3-7H,8-10H2,1-2H3. The minimum absolute atomic E-state index is 0.496. The summed E-state index contributed by atoms with van der Waals surface area (Å²) in [6.45, 7) is 3.42. The van der Waals surface area contributed by atoms with E-state index in [0.29, 0.717) is 5.54 Å². The molecule has 0 aromatic heterocycles. The van der Waals surface area contributed by atoms with E-state index in [9.17, 15) is 0 Å². The van der Waals surface area contributed by atoms with Gasteiger partial charge < -0.3 is 0 Å². The van der Waals surface area contributed by atoms with Crippen LogP contribution in [0.3, 0.4) is 0 Å². The third kappa shape index (κ3) is 1.92. The Labute approximate surface area is 80.4 Å². The maximum atomic E-state index is 2.46. The molecule has 1 nitrogen and oxygen atoms in total. The Morgan fingerprint density at radius 3 is 2.38 bits per heavy atom. The molecule has 0 N–H and O–H groups in total. The molecule has 70 valence electrons. The van der Waals surface area contributed by atoms with E-state index in [4.69, 9.17) is 0 Å². The molecule has 13 heavy (non-hydrogen) atoms. The van der Waals surface area contributed by atoms with Crippen molar-refractivity contribution in [3.63, 3.8) is 0 Å². The van der Waals surface area contributed by atoms with E-state index in [0.717, 1.165) is 6.54 Å². The van der Waals surface area contributed by atoms with Gasteiger partial charge in [0.1, 0.15) is 0 Å². The van der Waals surface area contributed by atoms with Crippen molar-refractivity contribution < 1.29 is 0 Å². The van der Waals surface area contributed by atoms with Gasteiger partial charge in [-0.05, 0) is 32.4 Å². The van der Waals surface area contributed by atoms with Gasteiger partial charge in [0.25, 0.3) is 0 Å². The van der Waals surface area contributed by atoms with Crippen molar-refractivity contribution in [2.75, 3.05) is 7.05 Å². The highest BCUT2D eigenvalue weighted by Crippen LogP contribution is 2.40. The molecule has 0 aliphatic heterocycles. The van der Waals surface area contributed by atoms with Crippen LogP contribution in [0.4, 0.5) is 0 Å². The molecule has 1 heteroatoms. The largest absolute Gasteiger partial charge is 0.297 e. The summed E-state index contributed by atoms with van der Waals surface area (Å²) in [5, 5.41) is 0. The van der Waals surface area contributed by atoms with Crippen LogP contribution < -0.4 is 0 Å². The van der Waals surface area contributed by atoms with Crippen LogP contribution in [0.2, 0.25) is 0 Å². The van der Waals surface area contributed by atoms with Gasteiger partial charge in [-0.15, -0.1) is 0 Å². The van der Waals surface area contributed by atoms with Crippen molar-refractivity contribution in [3.05, 3.63) is 35.9 Å². The van der Waals surface area contributed by atoms with E-state index in [1.54, 1.807) is 0 Å². The number of nitrogens with zero attached hydrogens (tertiary/aromatic N) is 1. The highest BCUT2D eigenvalue weighted by molar-refractivity contribution is 5.15. The van der Waals surface area contributed by atoms with Gasteiger partial charge in [-0.2, -0.15) is 0 Å². The quantitative estimate of drug-likeness (QED) is 0.682. The molecule has 0 radical (unpaired) electrons. The second-order valence-electron chi connectivity index (χ2n) is 4.34. The molecule has 1 aromatic carbocycles. The predicted octanol–water partition coefficient (Wildman–Crippen LogP) is 2.67. The van der Waals surface area contributed by atoms with E-state index in [1.807, 2.05) is 0 Å². The molecular weight excluding hydrogens is 158 g/mol. The molecule has 1 aliphatic carbocycles. The maximum absolute atomic E-state index is 2.46. The Kier molecular flexibility index (Phi) is 2.12. The van der Waals surface area contributed by atoms with Gasteiger partial charge in [0.2, 0.25) is 0 Å². The van der Waals surface area contributed by atoms with E-state index < -0.39 is 0 Å². The molecule has 0 saturated heterocycles. The molecule has 1 fully saturated rings. The van der Waals surface area contributed by atoms with Crippen LogP contribution in [0.15, 0.2) is 30.3 Å². The van der Waals surface area contributed by atoms with Crippen LogP contribution in [0, 0.1) is 0 Å². The summed E-state index contributed by atoms with van der Waals surface area (Å²) in [4.78, 5) is 2.46. The molecule has 0 unspecified atom stereocenters. The van der Waals surface area contributed by atoms with E-state index in [1.165, 1.54) is 18.4 Å². The lowest BCUT2D eigenvalue weighted by Gasteiger charge is -2.24. The van der Waals surface area contributed by atoms with E-state index >= 15 is 0 Å². The summed E-state index contributed by atoms with van der Waals surface area (Å²) in [5.74, 6) is 0. The highest BCUT2D eigenvalue weighted by Gasteiger charge is 2.40. The van der Waals surface area contributed by atoms with Crippen LogP contribution in [0.5, 0.6) is 0 Å². The zero-order valence-electron chi connectivity index (χ0n) is 8.46. The molecule has 1 aliphatic rings. The van der Waals surface area contributed by atoms with Gasteiger partial charge in [-0.3, -0.25) is 4.90 Å². The topological polar surface area (TPSA) is 3.24 Å². The first-order valence-electron chi connectivity index (χ1n) is 4.96. The van der Waals surface area contributed by atoms with Gasteiger partial charge in [0, 0.05) is 12.1 Å². The smallest absolute Gasteiger partial charge is 0.0236 e. The van der Waals surface area contributed by atoms with Gasteiger partial charge in [-0.25, -0.2) is 0 Å². The second kappa shape index (κ2) is 3.15. The summed E-state index contributed by atoms with van der Waals surface area (Å²) in [6.07, 6.45) is 2.71. The molecule has 0 spiro atoms. The molecule has 0 atom stereocenters. The number of hydrogen-bond donors (Lipinski definition) is 0. The van der Waals surface area contributed by atoms with Gasteiger partial charge in [0.05, 0.1) is 0 Å². The van der Waals surface area contributed by atoms with Gasteiger partial charge in [-0.1, -0.05) is 30.3 Å². The third-order valence-corrected chi connectivity index (χ3v) is 3.16. The van der Waals surface area contributed by atoms with Crippen molar-refractivity contribution in [1.82, 2.24) is 4.90 Å². The van der Waals surface area contributed by atoms with Crippen molar-refractivity contribution in [2.24, 2.45) is 0 Å². The zero-order chi connectivity index (χ0) is 9.31. The summed E-state index contributed by atoms with van der Waals surface area (Å²) < 4.78 is 0. The second-order valence-corrected chi connectivity index (χ2v) is 4.34. The first-order chi connectivity index (χ1) is 6.21. The van der Waals surface area contributed by atoms with Crippen LogP contribution >= 0.6 is 0 Å². The summed E-state index contributed by atoms with van der Waals surface area (Å²) >= 11 is 0. The average Bonchev–Trinajstić information content (AvgIpc) is 2.87. The summed E-state index contributed by atoms with van der Waals surface area (Å²) in [7, 11) is 2.22. The Hall–Kier alpha value is -0.820. The van der Waals surface area contributed by atoms with Crippen LogP contribution in [0.1, 0.15) is 25.3 Å². The minimum atomic E-state index is 0.496. The first kappa shape index (κ1) is 8.76. The molecule has 0 amide bonds. The summed E-state index contributed by atoms with van der Waals surface area (Å²) in [5.41, 5.74) is 1.91. The lowest BCUT2D eigenvalue weighted by atomic mass is 10.2. The number of hydrogen-bond acceptors (Lipinski definition) is 1. The maximum Gasteiger partial charge on any atom is 0.0236 e. The van der Waals surface area contributed by atoms with Crippen molar-refractivity contribution in [1.29, 1.82) is 0 Å². The fourth-order valence-electron chi connectivity index (χ4n) is 1.61. The van der Waals surface area contributed by atoms with Gasteiger partial charge >= 0.3 is 0 Å². The molecule has 0 heterocycles. The van der Waals surface area contributed by atoms with Crippen LogP contribution in [0.25, 0.3) is 0 Å². The Bertz CT molecular complexity index is 274. The van der Waals surface area contributed by atoms with Crippen molar-refractivity contribution in [3.8, 4) is 0 Å². The number of rotatable bonds is 3. The minimum Gasteiger partial charge on any atom is -0.297 e. The fourth-order valence-corrected chi connectivity index (χ4v) is 1.61. The fraction of sp³-hybridized carbons (Fsp3) is 0.500. The Morgan fingerprint density at radius 2 is 1.85 bits per heavy atom. The zero-order valence-corrected chi connectivity index (χ0v) is 8.46. The van der Waals surface area contributed by atoms with Crippen molar-refractivity contribution >= 4 is 0 Å². The van der Waals surface area contributed by atoms with Crippen LogP contribution in [-0.4, -0.2) is 17.5 Å². The third-order valence-electron chi connectivity index (χ3n) is 3.16. The first-order valence-corrected chi connectivity index (χ1v) is 4.96. The molecule has 1 aromatic rings. The molecular formula is C12H17N. The lowest BCUT2D eigenvalue weighted by Crippen LogP contribution is -2.30. The molecule has 1 saturated carbocycles. The summed E-state index contributed by atoms with van der Waals surface area (Å²) in [6, 6.07) is 10.7. The lowest BCUT2D eigenvalue weighted by molar-refractivity contribution is 0.230. The predicted molar refractivity (Wildman–Crippen MR) is 55.5 cm³/mol. The van der Waals surface area contributed by atoms with Crippen LogP contribution in [-0.2, 0) is 6.54 Å². The van der Waals surface area contributed by atoms with Gasteiger partial charge in [0.15, 0.2) is 0 Å². The molecule has 2 rings (SSSR count). The highest BCUT2D eigenvalue weighted by atomic mass is 15.2. The van der Waals surface area contributed by atoms with Crippen molar-refractivity contribution in [2.45, 2.75) is 31.8 Å². The number of benzene rings is 1. The Morgan fingerprint density at radius 1 is 1.23 bits per heavy atom. The molecule has 0 bridgehead atoms. The average molecular weight is 175 g/mol. The SMILES string of the molecule is CN(Cc1ccccc1)C1(C)CC1. The monoisotopic (exact) mass is 175 g/mol. The Balaban J connectivity index is 1.98. The van der Waals surface area contributed by atoms with E-state index in [-0.39, 0.29) is 0 Å². The van der Waals surface area contributed by atoms with E-state index in [2.05, 4.69) is 49.2 Å².